The van der Waals surface area contributed by atoms with E-state index in [-0.39, 0.29) is 18.9 Å². The number of carbonyl (C=O) groups excluding carboxylic acids is 2. The number of anilines is 1. The van der Waals surface area contributed by atoms with Crippen molar-refractivity contribution >= 4 is 29.2 Å². The summed E-state index contributed by atoms with van der Waals surface area (Å²) in [6.07, 6.45) is 0.228. The van der Waals surface area contributed by atoms with Crippen molar-refractivity contribution in [3.63, 3.8) is 0 Å². The first kappa shape index (κ1) is 15.6. The van der Waals surface area contributed by atoms with Crippen LogP contribution in [0.15, 0.2) is 48.5 Å². The fourth-order valence-corrected chi connectivity index (χ4v) is 3.05. The minimum atomic E-state index is -1.36. The molecule has 0 radical (unpaired) electrons. The third-order valence-electron chi connectivity index (χ3n) is 4.03. The van der Waals surface area contributed by atoms with Gasteiger partial charge >= 0.3 is 5.97 Å². The van der Waals surface area contributed by atoms with Crippen LogP contribution in [0.25, 0.3) is 0 Å². The van der Waals surface area contributed by atoms with E-state index < -0.39 is 11.4 Å². The maximum absolute atomic E-state index is 12.7. The van der Waals surface area contributed by atoms with Gasteiger partial charge in [-0.05, 0) is 30.7 Å². The molecule has 5 heteroatoms. The zero-order chi connectivity index (χ0) is 16.4. The molecule has 4 nitrogen and oxygen atoms in total. The number of ether oxygens (including phenoxy) is 1. The van der Waals surface area contributed by atoms with E-state index in [9.17, 15) is 9.59 Å². The molecule has 0 saturated carbocycles. The molecule has 1 N–H and O–H groups in total. The molecule has 118 valence electrons. The average Bonchev–Trinajstić information content (AvgIpc) is 2.83. The molecule has 3 rings (SSSR count). The zero-order valence-electron chi connectivity index (χ0n) is 12.6. The Labute approximate surface area is 139 Å². The second kappa shape index (κ2) is 6.05. The van der Waals surface area contributed by atoms with Crippen LogP contribution in [0.1, 0.15) is 18.1 Å². The standard InChI is InChI=1S/C18H16ClNO3/c1-2-23-17(22)18(11-12-7-9-13(19)10-8-12)14-5-3-4-6-15(14)20-16(18)21/h3-10H,2,11H2,1H3,(H,20,21)/t18-/m0/s1. The van der Waals surface area contributed by atoms with Gasteiger partial charge in [-0.15, -0.1) is 0 Å². The number of nitrogens with one attached hydrogen (secondary N) is 1. The van der Waals surface area contributed by atoms with Crippen LogP contribution in [-0.2, 0) is 26.2 Å². The van der Waals surface area contributed by atoms with Crippen LogP contribution in [0.3, 0.4) is 0 Å². The lowest BCUT2D eigenvalue weighted by atomic mass is 9.76. The molecule has 0 aliphatic carbocycles. The summed E-state index contributed by atoms with van der Waals surface area (Å²) in [5.41, 5.74) is 0.785. The topological polar surface area (TPSA) is 55.4 Å². The van der Waals surface area contributed by atoms with Crippen molar-refractivity contribution in [3.8, 4) is 0 Å². The summed E-state index contributed by atoms with van der Waals surface area (Å²) in [6.45, 7) is 1.95. The highest BCUT2D eigenvalue weighted by Gasteiger charge is 2.54. The van der Waals surface area contributed by atoms with Crippen molar-refractivity contribution in [2.24, 2.45) is 0 Å². The van der Waals surface area contributed by atoms with E-state index in [0.717, 1.165) is 5.56 Å². The Hall–Kier alpha value is -2.33. The number of hydrogen-bond donors (Lipinski definition) is 1. The summed E-state index contributed by atoms with van der Waals surface area (Å²) < 4.78 is 5.23. The molecule has 23 heavy (non-hydrogen) atoms. The highest BCUT2D eigenvalue weighted by Crippen LogP contribution is 2.41. The second-order valence-electron chi connectivity index (χ2n) is 5.43. The molecule has 0 bridgehead atoms. The molecule has 2 aromatic rings. The summed E-state index contributed by atoms with van der Waals surface area (Å²) in [5, 5.41) is 3.40. The van der Waals surface area contributed by atoms with E-state index in [4.69, 9.17) is 16.3 Å². The molecule has 0 unspecified atom stereocenters. The Bertz CT molecular complexity index is 757. The number of esters is 1. The van der Waals surface area contributed by atoms with Gasteiger partial charge in [-0.3, -0.25) is 9.59 Å². The predicted molar refractivity (Wildman–Crippen MR) is 88.5 cm³/mol. The van der Waals surface area contributed by atoms with Gasteiger partial charge in [-0.2, -0.15) is 0 Å². The molecule has 1 aliphatic rings. The molecular formula is C18H16ClNO3. The van der Waals surface area contributed by atoms with Gasteiger partial charge < -0.3 is 10.1 Å². The number of halogens is 1. The fourth-order valence-electron chi connectivity index (χ4n) is 2.93. The number of rotatable bonds is 4. The Morgan fingerprint density at radius 2 is 1.87 bits per heavy atom. The molecule has 0 aromatic heterocycles. The molecule has 1 amide bonds. The monoisotopic (exact) mass is 329 g/mol. The van der Waals surface area contributed by atoms with Crippen molar-refractivity contribution in [2.45, 2.75) is 18.8 Å². The Kier molecular flexibility index (Phi) is 4.09. The molecule has 0 spiro atoms. The first-order valence-electron chi connectivity index (χ1n) is 7.40. The van der Waals surface area contributed by atoms with Gasteiger partial charge in [0.1, 0.15) is 0 Å². The van der Waals surface area contributed by atoms with Crippen LogP contribution in [0.5, 0.6) is 0 Å². The number of hydrogen-bond acceptors (Lipinski definition) is 3. The van der Waals surface area contributed by atoms with Crippen molar-refractivity contribution in [1.29, 1.82) is 0 Å². The van der Waals surface area contributed by atoms with Crippen LogP contribution in [-0.4, -0.2) is 18.5 Å². The summed E-state index contributed by atoms with van der Waals surface area (Å²) in [4.78, 5) is 25.4. The first-order chi connectivity index (χ1) is 11.1. The smallest absolute Gasteiger partial charge is 0.326 e. The van der Waals surface area contributed by atoms with E-state index in [2.05, 4.69) is 5.32 Å². The highest BCUT2D eigenvalue weighted by molar-refractivity contribution is 6.30. The average molecular weight is 330 g/mol. The predicted octanol–water partition coefficient (Wildman–Crippen LogP) is 3.34. The third kappa shape index (κ3) is 2.59. The molecule has 1 atom stereocenters. The Morgan fingerprint density at radius 1 is 1.17 bits per heavy atom. The number of amides is 1. The lowest BCUT2D eigenvalue weighted by Gasteiger charge is -2.25. The number of benzene rings is 2. The van der Waals surface area contributed by atoms with Gasteiger partial charge in [0.2, 0.25) is 5.91 Å². The fraction of sp³-hybridized carbons (Fsp3) is 0.222. The summed E-state index contributed by atoms with van der Waals surface area (Å²) >= 11 is 5.91. The van der Waals surface area contributed by atoms with Gasteiger partial charge in [-0.25, -0.2) is 0 Å². The van der Waals surface area contributed by atoms with Crippen molar-refractivity contribution in [2.75, 3.05) is 11.9 Å². The zero-order valence-corrected chi connectivity index (χ0v) is 13.4. The minimum absolute atomic E-state index is 0.219. The number of fused-ring (bicyclic) bond motifs is 1. The molecular weight excluding hydrogens is 314 g/mol. The summed E-state index contributed by atoms with van der Waals surface area (Å²) in [7, 11) is 0. The van der Waals surface area contributed by atoms with Crippen molar-refractivity contribution in [3.05, 3.63) is 64.7 Å². The lowest BCUT2D eigenvalue weighted by Crippen LogP contribution is -2.45. The van der Waals surface area contributed by atoms with E-state index in [1.807, 2.05) is 24.3 Å². The van der Waals surface area contributed by atoms with E-state index in [1.165, 1.54) is 0 Å². The Morgan fingerprint density at radius 3 is 2.57 bits per heavy atom. The van der Waals surface area contributed by atoms with Gasteiger partial charge in [0.25, 0.3) is 0 Å². The Balaban J connectivity index is 2.10. The largest absolute Gasteiger partial charge is 0.465 e. The van der Waals surface area contributed by atoms with E-state index in [0.29, 0.717) is 16.3 Å². The third-order valence-corrected chi connectivity index (χ3v) is 4.28. The first-order valence-corrected chi connectivity index (χ1v) is 7.78. The number of carbonyl (C=O) groups is 2. The maximum atomic E-state index is 12.7. The van der Waals surface area contributed by atoms with Crippen LogP contribution in [0.2, 0.25) is 5.02 Å². The lowest BCUT2D eigenvalue weighted by molar-refractivity contribution is -0.153. The van der Waals surface area contributed by atoms with Crippen molar-refractivity contribution in [1.82, 2.24) is 0 Å². The normalized spacial score (nSPS) is 19.1. The van der Waals surface area contributed by atoms with Crippen LogP contribution < -0.4 is 5.32 Å². The van der Waals surface area contributed by atoms with Gasteiger partial charge in [-0.1, -0.05) is 41.9 Å². The van der Waals surface area contributed by atoms with Gasteiger partial charge in [0, 0.05) is 22.7 Å². The summed E-state index contributed by atoms with van der Waals surface area (Å²) in [5.74, 6) is -0.885. The van der Waals surface area contributed by atoms with Crippen LogP contribution in [0, 0.1) is 0 Å². The molecule has 1 heterocycles. The SMILES string of the molecule is CCOC(=O)[C@]1(Cc2ccc(Cl)cc2)C(=O)Nc2ccccc21. The maximum Gasteiger partial charge on any atom is 0.326 e. The molecule has 2 aromatic carbocycles. The van der Waals surface area contributed by atoms with Gasteiger partial charge in [0.15, 0.2) is 5.41 Å². The van der Waals surface area contributed by atoms with Crippen LogP contribution >= 0.6 is 11.6 Å². The van der Waals surface area contributed by atoms with Gasteiger partial charge in [0.05, 0.1) is 6.61 Å². The van der Waals surface area contributed by atoms with Crippen molar-refractivity contribution < 1.29 is 14.3 Å². The molecule has 1 aliphatic heterocycles. The summed E-state index contributed by atoms with van der Waals surface area (Å²) in [6, 6.07) is 14.3. The second-order valence-corrected chi connectivity index (χ2v) is 5.87. The van der Waals surface area contributed by atoms with Crippen LogP contribution in [0.4, 0.5) is 5.69 Å². The minimum Gasteiger partial charge on any atom is -0.465 e. The quantitative estimate of drug-likeness (QED) is 0.691. The highest BCUT2D eigenvalue weighted by atomic mass is 35.5. The molecule has 0 fully saturated rings. The molecule has 0 saturated heterocycles. The van der Waals surface area contributed by atoms with E-state index >= 15 is 0 Å². The van der Waals surface area contributed by atoms with E-state index in [1.54, 1.807) is 31.2 Å². The number of para-hydroxylation sites is 1.